The van der Waals surface area contributed by atoms with Gasteiger partial charge in [0.05, 0.1) is 5.69 Å². The number of aryl methyl sites for hydroxylation is 1. The second-order valence-corrected chi connectivity index (χ2v) is 7.97. The van der Waals surface area contributed by atoms with E-state index in [1.54, 1.807) is 4.90 Å². The van der Waals surface area contributed by atoms with Crippen molar-refractivity contribution in [2.45, 2.75) is 59.9 Å². The van der Waals surface area contributed by atoms with Crippen LogP contribution in [0.4, 0.5) is 11.4 Å². The number of nitrogens with zero attached hydrogens (tertiary/aromatic N) is 3. The fourth-order valence-corrected chi connectivity index (χ4v) is 3.75. The highest BCUT2D eigenvalue weighted by molar-refractivity contribution is 5.97. The lowest BCUT2D eigenvalue weighted by Gasteiger charge is -2.16. The molecule has 0 aliphatic carbocycles. The molecule has 0 saturated carbocycles. The van der Waals surface area contributed by atoms with Gasteiger partial charge in [0, 0.05) is 43.0 Å². The van der Waals surface area contributed by atoms with Crippen LogP contribution in [0, 0.1) is 19.8 Å². The van der Waals surface area contributed by atoms with Crippen molar-refractivity contribution in [3.05, 3.63) is 41.2 Å². The molecule has 0 spiro atoms. The molecule has 0 unspecified atom stereocenters. The van der Waals surface area contributed by atoms with Gasteiger partial charge in [-0.2, -0.15) is 5.10 Å². The lowest BCUT2D eigenvalue weighted by Crippen LogP contribution is -2.23. The SMILES string of the molecule is Cc1nn(CC(C)C)c(C)c1CCC(=O)Nc1cccc(N2CCCC2=O)c1. The molecule has 0 atom stereocenters. The van der Waals surface area contributed by atoms with Crippen LogP contribution in [0.2, 0.25) is 0 Å². The van der Waals surface area contributed by atoms with Gasteiger partial charge in [-0.05, 0) is 56.4 Å². The van der Waals surface area contributed by atoms with Gasteiger partial charge in [-0.25, -0.2) is 0 Å². The van der Waals surface area contributed by atoms with Crippen molar-refractivity contribution in [1.82, 2.24) is 9.78 Å². The predicted octanol–water partition coefficient (Wildman–Crippen LogP) is 3.85. The molecular formula is C22H30N4O2. The lowest BCUT2D eigenvalue weighted by atomic mass is 10.1. The minimum Gasteiger partial charge on any atom is -0.326 e. The minimum atomic E-state index is -0.0275. The van der Waals surface area contributed by atoms with Crippen LogP contribution < -0.4 is 10.2 Å². The topological polar surface area (TPSA) is 67.2 Å². The van der Waals surface area contributed by atoms with Gasteiger partial charge in [0.2, 0.25) is 11.8 Å². The first kappa shape index (κ1) is 20.1. The first-order chi connectivity index (χ1) is 13.3. The summed E-state index contributed by atoms with van der Waals surface area (Å²) >= 11 is 0. The smallest absolute Gasteiger partial charge is 0.227 e. The summed E-state index contributed by atoms with van der Waals surface area (Å²) in [5.74, 6) is 0.650. The number of anilines is 2. The molecule has 1 aliphatic heterocycles. The summed E-state index contributed by atoms with van der Waals surface area (Å²) in [6.45, 7) is 10.1. The molecule has 3 rings (SSSR count). The normalized spacial score (nSPS) is 14.2. The number of carbonyl (C=O) groups excluding carboxylic acids is 2. The largest absolute Gasteiger partial charge is 0.326 e. The summed E-state index contributed by atoms with van der Waals surface area (Å²) in [5.41, 5.74) is 4.88. The van der Waals surface area contributed by atoms with Crippen LogP contribution in [0.25, 0.3) is 0 Å². The van der Waals surface area contributed by atoms with Crippen LogP contribution >= 0.6 is 0 Å². The Balaban J connectivity index is 1.61. The summed E-state index contributed by atoms with van der Waals surface area (Å²) in [7, 11) is 0. The van der Waals surface area contributed by atoms with Gasteiger partial charge in [0.1, 0.15) is 0 Å². The number of amides is 2. The number of benzene rings is 1. The van der Waals surface area contributed by atoms with E-state index in [0.717, 1.165) is 47.8 Å². The van der Waals surface area contributed by atoms with E-state index in [0.29, 0.717) is 25.2 Å². The zero-order valence-electron chi connectivity index (χ0n) is 17.3. The number of rotatable bonds is 7. The van der Waals surface area contributed by atoms with Crippen molar-refractivity contribution in [2.24, 2.45) is 5.92 Å². The number of hydrogen-bond donors (Lipinski definition) is 1. The molecule has 28 heavy (non-hydrogen) atoms. The summed E-state index contributed by atoms with van der Waals surface area (Å²) in [6.07, 6.45) is 2.56. The van der Waals surface area contributed by atoms with Crippen molar-refractivity contribution in [2.75, 3.05) is 16.8 Å². The van der Waals surface area contributed by atoms with Gasteiger partial charge in [0.15, 0.2) is 0 Å². The van der Waals surface area contributed by atoms with E-state index in [2.05, 4.69) is 31.2 Å². The molecule has 1 aromatic heterocycles. The average Bonchev–Trinajstić information content (AvgIpc) is 3.17. The molecular weight excluding hydrogens is 352 g/mol. The van der Waals surface area contributed by atoms with E-state index in [4.69, 9.17) is 0 Å². The van der Waals surface area contributed by atoms with Crippen LogP contribution in [0.5, 0.6) is 0 Å². The molecule has 1 aliphatic rings. The maximum atomic E-state index is 12.5. The van der Waals surface area contributed by atoms with E-state index in [9.17, 15) is 9.59 Å². The highest BCUT2D eigenvalue weighted by Crippen LogP contribution is 2.24. The third kappa shape index (κ3) is 4.61. The molecule has 6 nitrogen and oxygen atoms in total. The molecule has 1 aromatic carbocycles. The monoisotopic (exact) mass is 382 g/mol. The molecule has 2 heterocycles. The van der Waals surface area contributed by atoms with Gasteiger partial charge in [-0.15, -0.1) is 0 Å². The Labute approximate surface area is 166 Å². The molecule has 1 saturated heterocycles. The molecule has 1 fully saturated rings. The van der Waals surface area contributed by atoms with Crippen molar-refractivity contribution in [3.8, 4) is 0 Å². The molecule has 150 valence electrons. The van der Waals surface area contributed by atoms with Gasteiger partial charge >= 0.3 is 0 Å². The zero-order chi connectivity index (χ0) is 20.3. The first-order valence-electron chi connectivity index (χ1n) is 10.1. The van der Waals surface area contributed by atoms with E-state index in [1.165, 1.54) is 0 Å². The van der Waals surface area contributed by atoms with Gasteiger partial charge < -0.3 is 10.2 Å². The van der Waals surface area contributed by atoms with Crippen LogP contribution in [0.3, 0.4) is 0 Å². The van der Waals surface area contributed by atoms with Crippen molar-refractivity contribution >= 4 is 23.2 Å². The maximum absolute atomic E-state index is 12.5. The van der Waals surface area contributed by atoms with Crippen LogP contribution in [0.1, 0.15) is 50.1 Å². The Morgan fingerprint density at radius 2 is 2.07 bits per heavy atom. The summed E-state index contributed by atoms with van der Waals surface area (Å²) in [6, 6.07) is 7.52. The Hall–Kier alpha value is -2.63. The number of carbonyl (C=O) groups is 2. The molecule has 2 amide bonds. The van der Waals surface area contributed by atoms with E-state index in [-0.39, 0.29) is 11.8 Å². The fourth-order valence-electron chi connectivity index (χ4n) is 3.75. The van der Waals surface area contributed by atoms with Crippen LogP contribution in [0.15, 0.2) is 24.3 Å². The molecule has 0 bridgehead atoms. The Morgan fingerprint density at radius 3 is 2.75 bits per heavy atom. The summed E-state index contributed by atoms with van der Waals surface area (Å²) in [5, 5.41) is 7.59. The van der Waals surface area contributed by atoms with Crippen LogP contribution in [-0.4, -0.2) is 28.1 Å². The maximum Gasteiger partial charge on any atom is 0.227 e. The Kier molecular flexibility index (Phi) is 6.17. The third-order valence-electron chi connectivity index (χ3n) is 5.19. The number of nitrogens with one attached hydrogen (secondary N) is 1. The quantitative estimate of drug-likeness (QED) is 0.791. The van der Waals surface area contributed by atoms with Gasteiger partial charge in [-0.3, -0.25) is 14.3 Å². The Morgan fingerprint density at radius 1 is 1.29 bits per heavy atom. The number of hydrogen-bond acceptors (Lipinski definition) is 3. The zero-order valence-corrected chi connectivity index (χ0v) is 17.3. The highest BCUT2D eigenvalue weighted by atomic mass is 16.2. The number of aromatic nitrogens is 2. The lowest BCUT2D eigenvalue weighted by molar-refractivity contribution is -0.117. The van der Waals surface area contributed by atoms with E-state index < -0.39 is 0 Å². The summed E-state index contributed by atoms with van der Waals surface area (Å²) < 4.78 is 2.05. The minimum absolute atomic E-state index is 0.0275. The van der Waals surface area contributed by atoms with Crippen molar-refractivity contribution in [3.63, 3.8) is 0 Å². The summed E-state index contributed by atoms with van der Waals surface area (Å²) in [4.78, 5) is 26.2. The van der Waals surface area contributed by atoms with E-state index in [1.807, 2.05) is 35.9 Å². The predicted molar refractivity (Wildman–Crippen MR) is 112 cm³/mol. The van der Waals surface area contributed by atoms with Gasteiger partial charge in [-0.1, -0.05) is 19.9 Å². The van der Waals surface area contributed by atoms with Crippen molar-refractivity contribution < 1.29 is 9.59 Å². The molecule has 2 aromatic rings. The van der Waals surface area contributed by atoms with Gasteiger partial charge in [0.25, 0.3) is 0 Å². The van der Waals surface area contributed by atoms with Crippen LogP contribution in [-0.2, 0) is 22.6 Å². The first-order valence-corrected chi connectivity index (χ1v) is 10.1. The molecule has 0 radical (unpaired) electrons. The van der Waals surface area contributed by atoms with E-state index >= 15 is 0 Å². The second-order valence-electron chi connectivity index (χ2n) is 7.97. The highest BCUT2D eigenvalue weighted by Gasteiger charge is 2.22. The molecule has 6 heteroatoms. The average molecular weight is 383 g/mol. The molecule has 1 N–H and O–H groups in total. The standard InChI is InChI=1S/C22H30N4O2/c1-15(2)14-26-17(4)20(16(3)24-26)10-11-21(27)23-18-7-5-8-19(13-18)25-12-6-9-22(25)28/h5,7-8,13,15H,6,9-12,14H2,1-4H3,(H,23,27). The fraction of sp³-hybridized carbons (Fsp3) is 0.500. The second kappa shape index (κ2) is 8.59. The van der Waals surface area contributed by atoms with Crippen molar-refractivity contribution in [1.29, 1.82) is 0 Å². The Bertz CT molecular complexity index is 869. The third-order valence-corrected chi connectivity index (χ3v) is 5.19.